The predicted molar refractivity (Wildman–Crippen MR) is 88.7 cm³/mol. The number of hydrogen-bond donors (Lipinski definition) is 0. The first-order valence-electron chi connectivity index (χ1n) is 9.74. The van der Waals surface area contributed by atoms with Gasteiger partial charge in [0.2, 0.25) is 11.8 Å². The second kappa shape index (κ2) is 6.10. The molecule has 128 valence electrons. The summed E-state index contributed by atoms with van der Waals surface area (Å²) in [6, 6.07) is 0. The van der Waals surface area contributed by atoms with Crippen LogP contribution in [-0.4, -0.2) is 47.8 Å². The zero-order valence-electron chi connectivity index (χ0n) is 14.3. The van der Waals surface area contributed by atoms with Crippen LogP contribution in [0.4, 0.5) is 0 Å². The number of likely N-dealkylation sites (tertiary alicyclic amines) is 2. The number of carbonyl (C=O) groups excluding carboxylic acids is 2. The van der Waals surface area contributed by atoms with E-state index >= 15 is 0 Å². The van der Waals surface area contributed by atoms with Gasteiger partial charge in [-0.1, -0.05) is 12.8 Å². The Morgan fingerprint density at radius 3 is 2.26 bits per heavy atom. The molecule has 4 nitrogen and oxygen atoms in total. The molecule has 0 aromatic rings. The maximum atomic E-state index is 12.6. The molecule has 2 heterocycles. The smallest absolute Gasteiger partial charge is 0.225 e. The summed E-state index contributed by atoms with van der Waals surface area (Å²) in [6.45, 7) is 3.81. The molecule has 2 aliphatic heterocycles. The van der Waals surface area contributed by atoms with Gasteiger partial charge in [0.25, 0.3) is 0 Å². The van der Waals surface area contributed by atoms with Crippen molar-refractivity contribution in [2.45, 2.75) is 64.2 Å². The van der Waals surface area contributed by atoms with Crippen LogP contribution in [-0.2, 0) is 9.59 Å². The molecule has 2 saturated heterocycles. The van der Waals surface area contributed by atoms with Crippen molar-refractivity contribution < 1.29 is 9.59 Å². The van der Waals surface area contributed by atoms with Crippen molar-refractivity contribution >= 4 is 11.8 Å². The second-order valence-electron chi connectivity index (χ2n) is 8.39. The maximum absolute atomic E-state index is 12.6. The van der Waals surface area contributed by atoms with Crippen LogP contribution in [0.3, 0.4) is 0 Å². The molecule has 1 atom stereocenters. The van der Waals surface area contributed by atoms with E-state index in [1.165, 1.54) is 38.5 Å². The third kappa shape index (κ3) is 2.78. The van der Waals surface area contributed by atoms with E-state index in [-0.39, 0.29) is 0 Å². The Hall–Kier alpha value is -1.06. The first-order valence-corrected chi connectivity index (χ1v) is 9.74. The average molecular weight is 318 g/mol. The molecule has 0 N–H and O–H groups in total. The molecule has 0 aromatic carbocycles. The Bertz CT molecular complexity index is 476. The van der Waals surface area contributed by atoms with Gasteiger partial charge in [-0.15, -0.1) is 0 Å². The van der Waals surface area contributed by atoms with Gasteiger partial charge in [-0.3, -0.25) is 9.59 Å². The molecule has 2 saturated carbocycles. The molecular formula is C19H30N2O2. The molecule has 4 aliphatic rings. The van der Waals surface area contributed by atoms with E-state index in [0.717, 1.165) is 45.4 Å². The molecule has 4 rings (SSSR count). The number of nitrogens with zero attached hydrogens (tertiary/aromatic N) is 2. The summed E-state index contributed by atoms with van der Waals surface area (Å²) in [5, 5.41) is 0. The van der Waals surface area contributed by atoms with Crippen molar-refractivity contribution in [1.29, 1.82) is 0 Å². The minimum absolute atomic E-state index is 0.317. The van der Waals surface area contributed by atoms with Gasteiger partial charge in [-0.05, 0) is 56.3 Å². The standard InChI is InChI=1S/C19H30N2O2/c22-17(20-11-1-2-12-20)8-7-16-13-21(14-19(16)9-4-10-19)18(23)15-5-3-6-15/h15-16H,1-14H2. The fraction of sp³-hybridized carbons (Fsp3) is 0.895. The fourth-order valence-electron chi connectivity index (χ4n) is 5.13. The summed E-state index contributed by atoms with van der Waals surface area (Å²) in [5.41, 5.74) is 0.366. The summed E-state index contributed by atoms with van der Waals surface area (Å²) in [6.07, 6.45) is 11.3. The SMILES string of the molecule is O=C(CCC1CN(C(=O)C2CCC2)CC12CCC2)N1CCCC1. The van der Waals surface area contributed by atoms with Crippen LogP contribution in [0.2, 0.25) is 0 Å². The van der Waals surface area contributed by atoms with Gasteiger partial charge in [0.15, 0.2) is 0 Å². The van der Waals surface area contributed by atoms with Crippen LogP contribution >= 0.6 is 0 Å². The quantitative estimate of drug-likeness (QED) is 0.800. The maximum Gasteiger partial charge on any atom is 0.225 e. The van der Waals surface area contributed by atoms with Crippen LogP contribution in [0.15, 0.2) is 0 Å². The van der Waals surface area contributed by atoms with Crippen molar-refractivity contribution in [2.24, 2.45) is 17.3 Å². The molecule has 23 heavy (non-hydrogen) atoms. The minimum atomic E-state index is 0.317. The van der Waals surface area contributed by atoms with Crippen molar-refractivity contribution in [2.75, 3.05) is 26.2 Å². The summed E-state index contributed by atoms with van der Waals surface area (Å²) in [7, 11) is 0. The van der Waals surface area contributed by atoms with Crippen LogP contribution in [0, 0.1) is 17.3 Å². The van der Waals surface area contributed by atoms with Gasteiger partial charge in [-0.2, -0.15) is 0 Å². The lowest BCUT2D eigenvalue weighted by Gasteiger charge is -2.43. The molecule has 4 heteroatoms. The first-order chi connectivity index (χ1) is 11.2. The highest BCUT2D eigenvalue weighted by atomic mass is 16.2. The summed E-state index contributed by atoms with van der Waals surface area (Å²) < 4.78 is 0. The lowest BCUT2D eigenvalue weighted by Crippen LogP contribution is -2.41. The van der Waals surface area contributed by atoms with Gasteiger partial charge < -0.3 is 9.80 Å². The zero-order chi connectivity index (χ0) is 15.9. The molecule has 1 spiro atoms. The van der Waals surface area contributed by atoms with Crippen molar-refractivity contribution in [3.63, 3.8) is 0 Å². The Kier molecular flexibility index (Phi) is 4.10. The van der Waals surface area contributed by atoms with Crippen molar-refractivity contribution in [3.05, 3.63) is 0 Å². The summed E-state index contributed by atoms with van der Waals surface area (Å²) in [5.74, 6) is 1.64. The number of carbonyl (C=O) groups is 2. The molecule has 0 bridgehead atoms. The summed E-state index contributed by atoms with van der Waals surface area (Å²) in [4.78, 5) is 29.1. The van der Waals surface area contributed by atoms with E-state index in [1.807, 2.05) is 4.90 Å². The van der Waals surface area contributed by atoms with Crippen LogP contribution in [0.1, 0.15) is 64.2 Å². The molecular weight excluding hydrogens is 288 g/mol. The van der Waals surface area contributed by atoms with Crippen LogP contribution < -0.4 is 0 Å². The highest BCUT2D eigenvalue weighted by molar-refractivity contribution is 5.80. The molecule has 1 unspecified atom stereocenters. The Morgan fingerprint density at radius 2 is 1.70 bits per heavy atom. The van der Waals surface area contributed by atoms with Gasteiger partial charge in [0, 0.05) is 38.5 Å². The summed E-state index contributed by atoms with van der Waals surface area (Å²) >= 11 is 0. The molecule has 0 aromatic heterocycles. The number of amides is 2. The fourth-order valence-corrected chi connectivity index (χ4v) is 5.13. The van der Waals surface area contributed by atoms with E-state index in [2.05, 4.69) is 4.90 Å². The minimum Gasteiger partial charge on any atom is -0.343 e. The number of rotatable bonds is 4. The average Bonchev–Trinajstić information content (AvgIpc) is 3.09. The second-order valence-corrected chi connectivity index (χ2v) is 8.39. The Morgan fingerprint density at radius 1 is 0.957 bits per heavy atom. The molecule has 2 aliphatic carbocycles. The van der Waals surface area contributed by atoms with E-state index in [9.17, 15) is 9.59 Å². The highest BCUT2D eigenvalue weighted by Crippen LogP contribution is 2.53. The van der Waals surface area contributed by atoms with Crippen molar-refractivity contribution in [1.82, 2.24) is 9.80 Å². The van der Waals surface area contributed by atoms with Crippen molar-refractivity contribution in [3.8, 4) is 0 Å². The lowest BCUT2D eigenvalue weighted by molar-refractivity contribution is -0.137. The molecule has 2 amide bonds. The van der Waals surface area contributed by atoms with Crippen LogP contribution in [0.25, 0.3) is 0 Å². The highest BCUT2D eigenvalue weighted by Gasteiger charge is 2.51. The monoisotopic (exact) mass is 318 g/mol. The molecule has 4 fully saturated rings. The third-order valence-electron chi connectivity index (χ3n) is 7.09. The molecule has 0 radical (unpaired) electrons. The van der Waals surface area contributed by atoms with E-state index in [4.69, 9.17) is 0 Å². The Labute approximate surface area is 139 Å². The van der Waals surface area contributed by atoms with Crippen LogP contribution in [0.5, 0.6) is 0 Å². The van der Waals surface area contributed by atoms with Gasteiger partial charge in [0.05, 0.1) is 0 Å². The third-order valence-corrected chi connectivity index (χ3v) is 7.09. The van der Waals surface area contributed by atoms with Gasteiger partial charge in [0.1, 0.15) is 0 Å². The van der Waals surface area contributed by atoms with E-state index in [1.54, 1.807) is 0 Å². The number of hydrogen-bond acceptors (Lipinski definition) is 2. The lowest BCUT2D eigenvalue weighted by atomic mass is 9.62. The first kappa shape index (κ1) is 15.5. The topological polar surface area (TPSA) is 40.6 Å². The van der Waals surface area contributed by atoms with E-state index < -0.39 is 0 Å². The Balaban J connectivity index is 1.34. The zero-order valence-corrected chi connectivity index (χ0v) is 14.3. The normalized spacial score (nSPS) is 29.7. The van der Waals surface area contributed by atoms with Gasteiger partial charge >= 0.3 is 0 Å². The predicted octanol–water partition coefficient (Wildman–Crippen LogP) is 2.82. The largest absolute Gasteiger partial charge is 0.343 e. The van der Waals surface area contributed by atoms with E-state index in [0.29, 0.717) is 35.5 Å². The van der Waals surface area contributed by atoms with Gasteiger partial charge in [-0.25, -0.2) is 0 Å².